The van der Waals surface area contributed by atoms with E-state index in [1.165, 1.54) is 4.88 Å². The first kappa shape index (κ1) is 29.0. The number of methoxy groups -OCH3 is 2. The highest BCUT2D eigenvalue weighted by Crippen LogP contribution is 2.28. The maximum atomic E-state index is 13.6. The first-order chi connectivity index (χ1) is 18.1. The highest BCUT2D eigenvalue weighted by atomic mass is 32.1. The Morgan fingerprint density at radius 2 is 1.68 bits per heavy atom. The number of urea groups is 1. The Hall–Kier alpha value is -3.52. The number of anilines is 1. The van der Waals surface area contributed by atoms with Crippen molar-refractivity contribution >= 4 is 29.0 Å². The Bertz CT molecular complexity index is 1250. The lowest BCUT2D eigenvalue weighted by Crippen LogP contribution is -2.47. The van der Waals surface area contributed by atoms with Crippen molar-refractivity contribution in [3.05, 3.63) is 75.0 Å². The third-order valence-electron chi connectivity index (χ3n) is 6.43. The largest absolute Gasteiger partial charge is 0.493 e. The van der Waals surface area contributed by atoms with E-state index >= 15 is 0 Å². The van der Waals surface area contributed by atoms with Crippen LogP contribution >= 0.6 is 11.3 Å². The van der Waals surface area contributed by atoms with E-state index in [0.717, 1.165) is 27.3 Å². The highest BCUT2D eigenvalue weighted by Gasteiger charge is 2.24. The molecule has 0 radical (unpaired) electrons. The minimum atomic E-state index is -0.285. The molecule has 0 aliphatic heterocycles. The van der Waals surface area contributed by atoms with E-state index in [-0.39, 0.29) is 24.5 Å². The van der Waals surface area contributed by atoms with Crippen LogP contribution in [0, 0.1) is 20.8 Å². The van der Waals surface area contributed by atoms with Gasteiger partial charge in [-0.3, -0.25) is 4.79 Å². The summed E-state index contributed by atoms with van der Waals surface area (Å²) in [6.07, 6.45) is 0.646. The standard InChI is InChI=1S/C30H39N3O4S/c1-20(2)33(30(35)31-26-12-8-21(3)16-22(26)4)19-29(34)32(18-25-11-9-23(5)38-25)15-14-24-10-13-27(36-6)28(17-24)37-7/h8-13,16-17,20H,14-15,18-19H2,1-7H3,(H,31,35). The van der Waals surface area contributed by atoms with Crippen LogP contribution in [0.5, 0.6) is 11.5 Å². The fraction of sp³-hybridized carbons (Fsp3) is 0.400. The molecule has 0 unspecified atom stereocenters. The Balaban J connectivity index is 1.76. The normalized spacial score (nSPS) is 10.8. The fourth-order valence-electron chi connectivity index (χ4n) is 4.23. The van der Waals surface area contributed by atoms with Gasteiger partial charge in [0.05, 0.1) is 20.8 Å². The molecular weight excluding hydrogens is 498 g/mol. The number of nitrogens with one attached hydrogen (secondary N) is 1. The average Bonchev–Trinajstić information content (AvgIpc) is 3.30. The lowest BCUT2D eigenvalue weighted by Gasteiger charge is -2.30. The molecule has 0 spiro atoms. The minimum Gasteiger partial charge on any atom is -0.493 e. The summed E-state index contributed by atoms with van der Waals surface area (Å²) in [5.74, 6) is 1.23. The minimum absolute atomic E-state index is 0.00923. The molecule has 7 nitrogen and oxygen atoms in total. The maximum absolute atomic E-state index is 13.6. The van der Waals surface area contributed by atoms with Crippen LogP contribution in [0.2, 0.25) is 0 Å². The van der Waals surface area contributed by atoms with Crippen LogP contribution in [0.3, 0.4) is 0 Å². The van der Waals surface area contributed by atoms with Crippen LogP contribution in [-0.2, 0) is 17.8 Å². The zero-order valence-corrected chi connectivity index (χ0v) is 24.3. The van der Waals surface area contributed by atoms with Gasteiger partial charge in [-0.05, 0) is 82.5 Å². The lowest BCUT2D eigenvalue weighted by atomic mass is 10.1. The maximum Gasteiger partial charge on any atom is 0.322 e. The molecular formula is C30H39N3O4S. The Morgan fingerprint density at radius 1 is 0.947 bits per heavy atom. The van der Waals surface area contributed by atoms with Gasteiger partial charge in [0.2, 0.25) is 5.91 Å². The van der Waals surface area contributed by atoms with Gasteiger partial charge in [-0.2, -0.15) is 0 Å². The number of amides is 3. The molecule has 2 aromatic carbocycles. The quantitative estimate of drug-likeness (QED) is 0.316. The summed E-state index contributed by atoms with van der Waals surface area (Å²) in [5.41, 5.74) is 3.90. The SMILES string of the molecule is COc1ccc(CCN(Cc2ccc(C)s2)C(=O)CN(C(=O)Nc2ccc(C)cc2C)C(C)C)cc1OC. The Labute approximate surface area is 230 Å². The summed E-state index contributed by atoms with van der Waals surface area (Å²) in [5, 5.41) is 2.99. The zero-order valence-electron chi connectivity index (χ0n) is 23.5. The molecule has 1 heterocycles. The topological polar surface area (TPSA) is 71.1 Å². The number of hydrogen-bond donors (Lipinski definition) is 1. The van der Waals surface area contributed by atoms with Crippen molar-refractivity contribution in [2.24, 2.45) is 0 Å². The fourth-order valence-corrected chi connectivity index (χ4v) is 5.13. The number of hydrogen-bond acceptors (Lipinski definition) is 5. The number of carbonyl (C=O) groups excluding carboxylic acids is 2. The molecule has 0 saturated heterocycles. The van der Waals surface area contributed by atoms with Gasteiger partial charge in [-0.1, -0.05) is 23.8 Å². The monoisotopic (exact) mass is 537 g/mol. The molecule has 0 bridgehead atoms. The summed E-state index contributed by atoms with van der Waals surface area (Å²) in [6.45, 7) is 10.9. The van der Waals surface area contributed by atoms with Crippen molar-refractivity contribution in [2.45, 2.75) is 53.6 Å². The van der Waals surface area contributed by atoms with Gasteiger partial charge < -0.3 is 24.6 Å². The number of benzene rings is 2. The summed E-state index contributed by atoms with van der Waals surface area (Å²) in [6, 6.07) is 15.4. The number of ether oxygens (including phenoxy) is 2. The third-order valence-corrected chi connectivity index (χ3v) is 7.41. The second kappa shape index (κ2) is 13.3. The van der Waals surface area contributed by atoms with Crippen molar-refractivity contribution < 1.29 is 19.1 Å². The van der Waals surface area contributed by atoms with Crippen LogP contribution in [0.4, 0.5) is 10.5 Å². The van der Waals surface area contributed by atoms with Gasteiger partial charge >= 0.3 is 6.03 Å². The van der Waals surface area contributed by atoms with E-state index in [0.29, 0.717) is 31.0 Å². The van der Waals surface area contributed by atoms with Crippen LogP contribution < -0.4 is 14.8 Å². The summed E-state index contributed by atoms with van der Waals surface area (Å²) >= 11 is 1.68. The van der Waals surface area contributed by atoms with Gasteiger partial charge in [0.1, 0.15) is 6.54 Å². The zero-order chi connectivity index (χ0) is 27.8. The first-order valence-corrected chi connectivity index (χ1v) is 13.6. The van der Waals surface area contributed by atoms with Gasteiger partial charge in [0, 0.05) is 28.0 Å². The molecule has 0 saturated carbocycles. The molecule has 1 aromatic heterocycles. The van der Waals surface area contributed by atoms with E-state index in [2.05, 4.69) is 24.4 Å². The van der Waals surface area contributed by atoms with Gasteiger partial charge in [0.15, 0.2) is 11.5 Å². The van der Waals surface area contributed by atoms with Crippen molar-refractivity contribution in [1.82, 2.24) is 9.80 Å². The molecule has 3 rings (SSSR count). The van der Waals surface area contributed by atoms with Crippen molar-refractivity contribution in [2.75, 3.05) is 32.6 Å². The molecule has 1 N–H and O–H groups in total. The lowest BCUT2D eigenvalue weighted by molar-refractivity contribution is -0.132. The number of rotatable bonds is 11. The Kier molecular flexibility index (Phi) is 10.2. The summed E-state index contributed by atoms with van der Waals surface area (Å²) in [4.78, 5) is 32.6. The smallest absolute Gasteiger partial charge is 0.322 e. The summed E-state index contributed by atoms with van der Waals surface area (Å²) < 4.78 is 10.8. The predicted molar refractivity (Wildman–Crippen MR) is 154 cm³/mol. The third kappa shape index (κ3) is 7.74. The van der Waals surface area contributed by atoms with Crippen molar-refractivity contribution in [3.63, 3.8) is 0 Å². The van der Waals surface area contributed by atoms with E-state index in [4.69, 9.17) is 9.47 Å². The Morgan fingerprint density at radius 3 is 2.29 bits per heavy atom. The number of thiophene rings is 1. The van der Waals surface area contributed by atoms with E-state index in [1.807, 2.05) is 69.0 Å². The molecule has 0 fully saturated rings. The van der Waals surface area contributed by atoms with E-state index < -0.39 is 0 Å². The van der Waals surface area contributed by atoms with E-state index in [9.17, 15) is 9.59 Å². The van der Waals surface area contributed by atoms with Crippen LogP contribution in [0.25, 0.3) is 0 Å². The molecule has 0 atom stereocenters. The van der Waals surface area contributed by atoms with Crippen LogP contribution in [-0.4, -0.2) is 55.1 Å². The number of nitrogens with zero attached hydrogens (tertiary/aromatic N) is 2. The van der Waals surface area contributed by atoms with E-state index in [1.54, 1.807) is 30.5 Å². The molecule has 38 heavy (non-hydrogen) atoms. The second-order valence-corrected chi connectivity index (χ2v) is 11.1. The molecule has 204 valence electrons. The second-order valence-electron chi connectivity index (χ2n) is 9.74. The van der Waals surface area contributed by atoms with Gasteiger partial charge in [-0.15, -0.1) is 11.3 Å². The summed E-state index contributed by atoms with van der Waals surface area (Å²) in [7, 11) is 3.22. The van der Waals surface area contributed by atoms with Crippen LogP contribution in [0.1, 0.15) is 40.3 Å². The molecule has 3 amide bonds. The van der Waals surface area contributed by atoms with Crippen molar-refractivity contribution in [1.29, 1.82) is 0 Å². The average molecular weight is 538 g/mol. The van der Waals surface area contributed by atoms with Crippen molar-refractivity contribution in [3.8, 4) is 11.5 Å². The van der Waals surface area contributed by atoms with Crippen LogP contribution in [0.15, 0.2) is 48.5 Å². The molecule has 8 heteroatoms. The molecule has 0 aliphatic rings. The van der Waals surface area contributed by atoms with Gasteiger partial charge in [-0.25, -0.2) is 4.79 Å². The highest BCUT2D eigenvalue weighted by molar-refractivity contribution is 7.11. The van der Waals surface area contributed by atoms with Gasteiger partial charge in [0.25, 0.3) is 0 Å². The number of carbonyl (C=O) groups is 2. The number of aryl methyl sites for hydroxylation is 3. The molecule has 3 aromatic rings. The predicted octanol–water partition coefficient (Wildman–Crippen LogP) is 6.20. The molecule has 0 aliphatic carbocycles. The first-order valence-electron chi connectivity index (χ1n) is 12.8.